The van der Waals surface area contributed by atoms with Crippen LogP contribution in [0.1, 0.15) is 55.5 Å². The van der Waals surface area contributed by atoms with Crippen LogP contribution in [0.4, 0.5) is 25.8 Å². The van der Waals surface area contributed by atoms with E-state index < -0.39 is 58.9 Å². The van der Waals surface area contributed by atoms with Gasteiger partial charge in [0.05, 0.1) is 38.5 Å². The standard InChI is InChI=1S/C52H65ClF2N8O7SSi/c1-52(2)19-17-37(44(29-52)36-9-11-38(53)12-10-36)33-59-21-23-60(24-22-59)40-13-15-43(50(27-40)70-49-8-6-7-47-45(49)32-56-62(47)35-69-25-26-72(3,4)5)51(64)58-71(67,68)42-14-16-46(48(28-42)63(65)66)57-39-18-20-61(34-39)41(30-54)31-55/h6-16,27-28,32,39,41,57H,17-26,29-31,33-35H2,1-5H3,(H,58,64)/t39-/m1/s1. The van der Waals surface area contributed by atoms with Crippen molar-refractivity contribution in [1.29, 1.82) is 0 Å². The molecular weight excluding hydrogens is 982 g/mol. The quantitative estimate of drug-likeness (QED) is 0.0329. The average Bonchev–Trinajstić information content (AvgIpc) is 3.99. The fraction of sp³-hybridized carbons (Fsp3) is 0.462. The van der Waals surface area contributed by atoms with Crippen molar-refractivity contribution in [3.8, 4) is 11.5 Å². The maximum Gasteiger partial charge on any atom is 0.293 e. The summed E-state index contributed by atoms with van der Waals surface area (Å²) in [5.41, 5.74) is 5.18. The van der Waals surface area contributed by atoms with Gasteiger partial charge in [-0.25, -0.2) is 26.6 Å². The first kappa shape index (κ1) is 52.9. The number of carbonyl (C=O) groups is 1. The zero-order chi connectivity index (χ0) is 51.4. The molecule has 3 aliphatic rings. The molecule has 0 unspecified atom stereocenters. The number of nitro groups is 1. The van der Waals surface area contributed by atoms with Crippen molar-refractivity contribution in [1.82, 2.24) is 24.3 Å². The Bertz CT molecular complexity index is 2900. The lowest BCUT2D eigenvalue weighted by molar-refractivity contribution is -0.384. The second-order valence-electron chi connectivity index (χ2n) is 21.1. The number of halogens is 3. The number of anilines is 2. The van der Waals surface area contributed by atoms with Gasteiger partial charge in [0.25, 0.3) is 21.6 Å². The Labute approximate surface area is 426 Å². The van der Waals surface area contributed by atoms with Gasteiger partial charge in [0.1, 0.15) is 37.3 Å². The Morgan fingerprint density at radius 3 is 2.44 bits per heavy atom. The number of hydrogen-bond acceptors (Lipinski definition) is 12. The number of nitrogens with one attached hydrogen (secondary N) is 2. The first-order valence-electron chi connectivity index (χ1n) is 24.6. The van der Waals surface area contributed by atoms with Crippen molar-refractivity contribution in [3.63, 3.8) is 0 Å². The molecule has 0 saturated carbocycles. The van der Waals surface area contributed by atoms with Crippen LogP contribution in [0.15, 0.2) is 95.5 Å². The summed E-state index contributed by atoms with van der Waals surface area (Å²) in [6.45, 7) is 15.1. The highest BCUT2D eigenvalue weighted by Crippen LogP contribution is 2.44. The van der Waals surface area contributed by atoms with E-state index in [1.807, 2.05) is 24.3 Å². The third kappa shape index (κ3) is 12.8. The minimum Gasteiger partial charge on any atom is -0.456 e. The molecule has 2 aliphatic heterocycles. The van der Waals surface area contributed by atoms with Gasteiger partial charge in [0, 0.05) is 89.4 Å². The van der Waals surface area contributed by atoms with Crippen LogP contribution in [0, 0.1) is 15.5 Å². The predicted molar refractivity (Wildman–Crippen MR) is 282 cm³/mol. The van der Waals surface area contributed by atoms with E-state index in [-0.39, 0.29) is 41.7 Å². The van der Waals surface area contributed by atoms with E-state index in [1.54, 1.807) is 34.0 Å². The molecule has 0 bridgehead atoms. The molecule has 2 N–H and O–H groups in total. The Morgan fingerprint density at radius 2 is 1.74 bits per heavy atom. The van der Waals surface area contributed by atoms with Crippen LogP contribution in [0.25, 0.3) is 16.5 Å². The molecular formula is C52H65ClF2N8O7SSi. The number of alkyl halides is 2. The summed E-state index contributed by atoms with van der Waals surface area (Å²) >= 11 is 6.27. The molecule has 72 heavy (non-hydrogen) atoms. The average molecular weight is 1050 g/mol. The van der Waals surface area contributed by atoms with E-state index in [0.29, 0.717) is 48.8 Å². The third-order valence-electron chi connectivity index (χ3n) is 14.0. The Hall–Kier alpha value is -5.44. The number of sulfonamides is 1. The number of benzene rings is 4. The molecule has 4 aromatic carbocycles. The molecule has 2 fully saturated rings. The molecule has 3 heterocycles. The van der Waals surface area contributed by atoms with E-state index in [0.717, 1.165) is 62.2 Å². The van der Waals surface area contributed by atoms with Crippen molar-refractivity contribution in [3.05, 3.63) is 117 Å². The number of rotatable bonds is 20. The zero-order valence-electron chi connectivity index (χ0n) is 41.6. The molecule has 20 heteroatoms. The monoisotopic (exact) mass is 1050 g/mol. The number of ether oxygens (including phenoxy) is 2. The minimum atomic E-state index is -4.68. The maximum absolute atomic E-state index is 14.3. The normalized spacial score (nSPS) is 18.0. The summed E-state index contributed by atoms with van der Waals surface area (Å²) in [7, 11) is -6.00. The molecule has 2 saturated heterocycles. The number of nitrogens with zero attached hydrogens (tertiary/aromatic N) is 6. The van der Waals surface area contributed by atoms with Gasteiger partial charge in [0.2, 0.25) is 0 Å². The van der Waals surface area contributed by atoms with E-state index in [9.17, 15) is 32.1 Å². The zero-order valence-corrected chi connectivity index (χ0v) is 44.2. The van der Waals surface area contributed by atoms with Gasteiger partial charge in [-0.3, -0.25) is 24.7 Å². The molecule has 1 amide bonds. The SMILES string of the molecule is CC1(C)CCC(CN2CCN(c3ccc(C(=O)NS(=O)(=O)c4ccc(N[C@@H]5CCN(C(CF)CF)C5)c([N+](=O)[O-])c4)c(Oc4cccc5c4cnn5COCC[Si](C)(C)C)c3)CC2)=C(c2ccc(Cl)cc2)C1. The fourth-order valence-corrected chi connectivity index (χ4v) is 11.5. The molecule has 1 aromatic heterocycles. The number of hydrogen-bond donors (Lipinski definition) is 2. The van der Waals surface area contributed by atoms with Gasteiger partial charge < -0.3 is 19.7 Å². The summed E-state index contributed by atoms with van der Waals surface area (Å²) in [4.78, 5) is 31.7. The number of allylic oxidation sites excluding steroid dienone is 1. The number of piperazine rings is 1. The van der Waals surface area contributed by atoms with E-state index >= 15 is 0 Å². The highest BCUT2D eigenvalue weighted by Gasteiger charge is 2.33. The number of nitro benzene ring substituents is 1. The molecule has 0 spiro atoms. The highest BCUT2D eigenvalue weighted by atomic mass is 35.5. The number of fused-ring (bicyclic) bond motifs is 1. The molecule has 0 radical (unpaired) electrons. The minimum absolute atomic E-state index is 0.0368. The first-order chi connectivity index (χ1) is 34.3. The van der Waals surface area contributed by atoms with Crippen molar-refractivity contribution in [2.45, 2.75) is 88.9 Å². The third-order valence-corrected chi connectivity index (χ3v) is 17.3. The lowest BCUT2D eigenvalue weighted by Crippen LogP contribution is -2.47. The van der Waals surface area contributed by atoms with Crippen LogP contribution in [0.2, 0.25) is 30.7 Å². The largest absolute Gasteiger partial charge is 0.456 e. The van der Waals surface area contributed by atoms with E-state index in [4.69, 9.17) is 21.1 Å². The second-order valence-corrected chi connectivity index (χ2v) is 28.9. The van der Waals surface area contributed by atoms with Gasteiger partial charge >= 0.3 is 0 Å². The van der Waals surface area contributed by atoms with Gasteiger partial charge in [0.15, 0.2) is 0 Å². The Morgan fingerprint density at radius 1 is 0.986 bits per heavy atom. The summed E-state index contributed by atoms with van der Waals surface area (Å²) in [5.74, 6) is -0.531. The fourth-order valence-electron chi connectivity index (χ4n) is 9.68. The van der Waals surface area contributed by atoms with Gasteiger partial charge in [-0.05, 0) is 96.8 Å². The Kier molecular flexibility index (Phi) is 16.4. The van der Waals surface area contributed by atoms with Crippen molar-refractivity contribution in [2.75, 3.05) is 76.0 Å². The van der Waals surface area contributed by atoms with Gasteiger partial charge in [-0.2, -0.15) is 5.10 Å². The maximum atomic E-state index is 14.3. The lowest BCUT2D eigenvalue weighted by atomic mass is 9.72. The predicted octanol–water partition coefficient (Wildman–Crippen LogP) is 10.4. The van der Waals surface area contributed by atoms with Crippen LogP contribution >= 0.6 is 11.6 Å². The van der Waals surface area contributed by atoms with Crippen molar-refractivity contribution < 1.29 is 36.4 Å². The summed E-state index contributed by atoms with van der Waals surface area (Å²) < 4.78 is 71.1. The topological polar surface area (TPSA) is 164 Å². The number of carbonyl (C=O) groups excluding carboxylic acids is 1. The summed E-state index contributed by atoms with van der Waals surface area (Å²) in [6.07, 6.45) is 5.26. The molecule has 1 atom stereocenters. The van der Waals surface area contributed by atoms with Gasteiger partial charge in [-0.15, -0.1) is 0 Å². The first-order valence-corrected chi connectivity index (χ1v) is 30.1. The Balaban J connectivity index is 1.03. The summed E-state index contributed by atoms with van der Waals surface area (Å²) in [6, 6.07) is 21.7. The summed E-state index contributed by atoms with van der Waals surface area (Å²) in [5, 5.41) is 21.3. The van der Waals surface area contributed by atoms with Gasteiger partial charge in [-0.1, -0.05) is 68.9 Å². The highest BCUT2D eigenvalue weighted by molar-refractivity contribution is 7.90. The van der Waals surface area contributed by atoms with Crippen molar-refractivity contribution in [2.24, 2.45) is 5.41 Å². The second kappa shape index (κ2) is 22.4. The number of likely N-dealkylation sites (tertiary alicyclic amines) is 1. The van der Waals surface area contributed by atoms with Crippen LogP contribution in [0.5, 0.6) is 11.5 Å². The van der Waals surface area contributed by atoms with Crippen LogP contribution in [-0.4, -0.2) is 125 Å². The molecule has 386 valence electrons. The van der Waals surface area contributed by atoms with Crippen LogP contribution < -0.4 is 19.7 Å². The number of aromatic nitrogens is 2. The lowest BCUT2D eigenvalue weighted by Gasteiger charge is -2.39. The smallest absolute Gasteiger partial charge is 0.293 e. The van der Waals surface area contributed by atoms with Crippen molar-refractivity contribution >= 4 is 69.1 Å². The van der Waals surface area contributed by atoms with Crippen LogP contribution in [0.3, 0.4) is 0 Å². The van der Waals surface area contributed by atoms with E-state index in [1.165, 1.54) is 34.9 Å². The van der Waals surface area contributed by atoms with E-state index in [2.05, 4.69) is 70.6 Å². The molecule has 8 rings (SSSR count). The molecule has 5 aromatic rings. The molecule has 1 aliphatic carbocycles. The van der Waals surface area contributed by atoms with Crippen LogP contribution in [-0.2, 0) is 21.5 Å². The molecule has 15 nitrogen and oxygen atoms in total. The number of amides is 1.